The number of hydrogen-bond acceptors (Lipinski definition) is 2. The number of anilines is 2. The molecule has 0 atom stereocenters. The number of nitrogens with zero attached hydrogens (tertiary/aromatic N) is 1. The van der Waals surface area contributed by atoms with Crippen LogP contribution in [0.3, 0.4) is 0 Å². The Balaban J connectivity index is 1.44. The minimum absolute atomic E-state index is 0.0226. The molecule has 0 saturated heterocycles. The van der Waals surface area contributed by atoms with Gasteiger partial charge in [-0.2, -0.15) is 0 Å². The van der Waals surface area contributed by atoms with Crippen LogP contribution in [0.15, 0.2) is 91.3 Å². The van der Waals surface area contributed by atoms with Gasteiger partial charge in [0, 0.05) is 29.2 Å². The highest BCUT2D eigenvalue weighted by molar-refractivity contribution is 5.83. The molecule has 0 radical (unpaired) electrons. The van der Waals surface area contributed by atoms with E-state index in [9.17, 15) is 0 Å². The van der Waals surface area contributed by atoms with Crippen LogP contribution in [0.4, 0.5) is 11.4 Å². The predicted octanol–water partition coefficient (Wildman–Crippen LogP) is 6.80. The molecule has 0 fully saturated rings. The Morgan fingerprint density at radius 1 is 0.643 bits per heavy atom. The summed E-state index contributed by atoms with van der Waals surface area (Å²) < 4.78 is 0. The van der Waals surface area contributed by atoms with E-state index in [1.165, 1.54) is 33.4 Å². The molecule has 0 saturated carbocycles. The van der Waals surface area contributed by atoms with Crippen molar-refractivity contribution in [3.05, 3.63) is 102 Å². The summed E-state index contributed by atoms with van der Waals surface area (Å²) in [5, 5.41) is 3.56. The molecule has 1 heterocycles. The van der Waals surface area contributed by atoms with Crippen molar-refractivity contribution in [2.75, 3.05) is 5.32 Å². The van der Waals surface area contributed by atoms with Gasteiger partial charge >= 0.3 is 0 Å². The van der Waals surface area contributed by atoms with Gasteiger partial charge in [-0.15, -0.1) is 0 Å². The van der Waals surface area contributed by atoms with Crippen LogP contribution in [-0.2, 0) is 5.41 Å². The highest BCUT2D eigenvalue weighted by Gasteiger charge is 2.35. The van der Waals surface area contributed by atoms with Crippen LogP contribution < -0.4 is 5.32 Å². The Hall–Kier alpha value is -3.39. The maximum atomic E-state index is 4.09. The van der Waals surface area contributed by atoms with E-state index in [1.54, 1.807) is 0 Å². The number of benzene rings is 3. The molecule has 0 bridgehead atoms. The summed E-state index contributed by atoms with van der Waals surface area (Å²) in [6, 6.07) is 28.1. The van der Waals surface area contributed by atoms with Gasteiger partial charge in [-0.05, 0) is 69.8 Å². The van der Waals surface area contributed by atoms with Crippen molar-refractivity contribution >= 4 is 11.4 Å². The second kappa shape index (κ2) is 6.35. The summed E-state index contributed by atoms with van der Waals surface area (Å²) in [6.45, 7) is 4.62. The summed E-state index contributed by atoms with van der Waals surface area (Å²) in [4.78, 5) is 4.09. The van der Waals surface area contributed by atoms with Gasteiger partial charge in [-0.3, -0.25) is 4.98 Å². The molecule has 136 valence electrons. The van der Waals surface area contributed by atoms with Gasteiger partial charge < -0.3 is 5.32 Å². The Kier molecular flexibility index (Phi) is 3.80. The number of fused-ring (bicyclic) bond motifs is 3. The van der Waals surface area contributed by atoms with Gasteiger partial charge in [0.2, 0.25) is 0 Å². The zero-order valence-corrected chi connectivity index (χ0v) is 16.1. The fraction of sp³-hybridized carbons (Fsp3) is 0.115. The lowest BCUT2D eigenvalue weighted by Gasteiger charge is -2.22. The molecule has 1 N–H and O–H groups in total. The number of pyridine rings is 1. The summed E-state index contributed by atoms with van der Waals surface area (Å²) in [5.41, 5.74) is 10.1. The topological polar surface area (TPSA) is 24.9 Å². The molecule has 5 rings (SSSR count). The van der Waals surface area contributed by atoms with E-state index in [0.717, 1.165) is 11.4 Å². The largest absolute Gasteiger partial charge is 0.356 e. The van der Waals surface area contributed by atoms with Crippen molar-refractivity contribution in [2.45, 2.75) is 19.3 Å². The van der Waals surface area contributed by atoms with Crippen molar-refractivity contribution in [1.82, 2.24) is 4.98 Å². The zero-order chi connectivity index (χ0) is 19.1. The molecule has 4 aromatic rings. The molecule has 0 amide bonds. The first-order valence-electron chi connectivity index (χ1n) is 9.65. The number of hydrogen-bond donors (Lipinski definition) is 1. The molecule has 0 unspecified atom stereocenters. The van der Waals surface area contributed by atoms with Crippen molar-refractivity contribution < 1.29 is 0 Å². The molecule has 1 aliphatic carbocycles. The lowest BCUT2D eigenvalue weighted by Crippen LogP contribution is -2.15. The average Bonchev–Trinajstić information content (AvgIpc) is 2.97. The van der Waals surface area contributed by atoms with Crippen LogP contribution in [-0.4, -0.2) is 4.98 Å². The number of aromatic nitrogens is 1. The van der Waals surface area contributed by atoms with Gasteiger partial charge in [0.15, 0.2) is 0 Å². The molecule has 0 spiro atoms. The van der Waals surface area contributed by atoms with E-state index in [4.69, 9.17) is 0 Å². The Morgan fingerprint density at radius 2 is 1.29 bits per heavy atom. The minimum atomic E-state index is 0.0226. The van der Waals surface area contributed by atoms with Crippen LogP contribution in [0, 0.1) is 0 Å². The van der Waals surface area contributed by atoms with Gasteiger partial charge in [0.05, 0.1) is 0 Å². The predicted molar refractivity (Wildman–Crippen MR) is 117 cm³/mol. The Bertz CT molecular complexity index is 1140. The lowest BCUT2D eigenvalue weighted by atomic mass is 9.82. The highest BCUT2D eigenvalue weighted by atomic mass is 14.9. The third-order valence-corrected chi connectivity index (χ3v) is 5.77. The van der Waals surface area contributed by atoms with Crippen LogP contribution in [0.2, 0.25) is 0 Å². The van der Waals surface area contributed by atoms with Crippen molar-refractivity contribution in [3.8, 4) is 22.3 Å². The molecule has 3 aromatic carbocycles. The highest BCUT2D eigenvalue weighted by Crippen LogP contribution is 2.49. The molecule has 28 heavy (non-hydrogen) atoms. The second-order valence-corrected chi connectivity index (χ2v) is 7.87. The van der Waals surface area contributed by atoms with Crippen LogP contribution >= 0.6 is 0 Å². The second-order valence-electron chi connectivity index (χ2n) is 7.87. The fourth-order valence-corrected chi connectivity index (χ4v) is 4.24. The van der Waals surface area contributed by atoms with E-state index < -0.39 is 0 Å². The summed E-state index contributed by atoms with van der Waals surface area (Å²) in [5.74, 6) is 0. The van der Waals surface area contributed by atoms with E-state index in [-0.39, 0.29) is 5.41 Å². The van der Waals surface area contributed by atoms with Gasteiger partial charge in [-0.1, -0.05) is 56.3 Å². The van der Waals surface area contributed by atoms with E-state index >= 15 is 0 Å². The summed E-state index contributed by atoms with van der Waals surface area (Å²) in [7, 11) is 0. The first-order chi connectivity index (χ1) is 13.6. The maximum absolute atomic E-state index is 4.09. The summed E-state index contributed by atoms with van der Waals surface area (Å²) in [6.07, 6.45) is 3.65. The fourth-order valence-electron chi connectivity index (χ4n) is 4.24. The third kappa shape index (κ3) is 2.69. The average molecular weight is 362 g/mol. The van der Waals surface area contributed by atoms with Gasteiger partial charge in [0.1, 0.15) is 0 Å². The molecule has 0 aliphatic heterocycles. The molecular formula is C26H22N2. The monoisotopic (exact) mass is 362 g/mol. The van der Waals surface area contributed by atoms with Gasteiger partial charge in [0.25, 0.3) is 0 Å². The third-order valence-electron chi connectivity index (χ3n) is 5.77. The maximum Gasteiger partial charge on any atom is 0.0387 e. The molecule has 2 heteroatoms. The number of nitrogens with one attached hydrogen (secondary N) is 1. The SMILES string of the molecule is CC1(C)c2ccccc2-c2ccc(Nc3ccc(-c4ccncc4)cc3)cc21. The Morgan fingerprint density at radius 3 is 2.07 bits per heavy atom. The van der Waals surface area contributed by atoms with Crippen LogP contribution in [0.25, 0.3) is 22.3 Å². The van der Waals surface area contributed by atoms with E-state index in [0.29, 0.717) is 0 Å². The van der Waals surface area contributed by atoms with Crippen molar-refractivity contribution in [2.24, 2.45) is 0 Å². The van der Waals surface area contributed by atoms with Crippen molar-refractivity contribution in [1.29, 1.82) is 0 Å². The van der Waals surface area contributed by atoms with Crippen molar-refractivity contribution in [3.63, 3.8) is 0 Å². The molecule has 1 aliphatic rings. The Labute approximate surface area is 165 Å². The molecule has 2 nitrogen and oxygen atoms in total. The first kappa shape index (κ1) is 16.8. The lowest BCUT2D eigenvalue weighted by molar-refractivity contribution is 0.660. The normalized spacial score (nSPS) is 13.6. The van der Waals surface area contributed by atoms with E-state index in [2.05, 4.69) is 90.9 Å². The van der Waals surface area contributed by atoms with E-state index in [1.807, 2.05) is 24.5 Å². The van der Waals surface area contributed by atoms with Crippen LogP contribution in [0.5, 0.6) is 0 Å². The number of rotatable bonds is 3. The zero-order valence-electron chi connectivity index (χ0n) is 16.1. The first-order valence-corrected chi connectivity index (χ1v) is 9.65. The van der Waals surface area contributed by atoms with Gasteiger partial charge in [-0.25, -0.2) is 0 Å². The summed E-state index contributed by atoms with van der Waals surface area (Å²) >= 11 is 0. The smallest absolute Gasteiger partial charge is 0.0387 e. The quantitative estimate of drug-likeness (QED) is 0.433. The standard InChI is InChI=1S/C26H22N2/c1-26(2)24-6-4-3-5-22(24)23-12-11-21(17-25(23)26)28-20-9-7-18(8-10-20)19-13-15-27-16-14-19/h3-17,28H,1-2H3. The molecule has 1 aromatic heterocycles. The molecular weight excluding hydrogens is 340 g/mol. The minimum Gasteiger partial charge on any atom is -0.356 e. The van der Waals surface area contributed by atoms with Crippen LogP contribution in [0.1, 0.15) is 25.0 Å².